The van der Waals surface area contributed by atoms with Crippen molar-refractivity contribution in [3.63, 3.8) is 0 Å². The molecular weight excluding hydrogens is 246 g/mol. The van der Waals surface area contributed by atoms with Crippen LogP contribution in [0.4, 0.5) is 5.82 Å². The second kappa shape index (κ2) is 4.49. The fourth-order valence-electron chi connectivity index (χ4n) is 1.95. The lowest BCUT2D eigenvalue weighted by atomic mass is 10.2. The first-order valence-corrected chi connectivity index (χ1v) is 6.81. The van der Waals surface area contributed by atoms with Crippen molar-refractivity contribution in [1.82, 2.24) is 9.97 Å². The molecule has 0 amide bonds. The minimum Gasteiger partial charge on any atom is -0.497 e. The molecule has 1 aliphatic rings. The fourth-order valence-corrected chi connectivity index (χ4v) is 3.00. The number of ether oxygens (including phenoxy) is 1. The molecule has 4 nitrogen and oxygen atoms in total. The zero-order valence-electron chi connectivity index (χ0n) is 10.0. The number of thioether (sulfide) groups is 1. The summed E-state index contributed by atoms with van der Waals surface area (Å²) in [5.41, 5.74) is 9.10. The highest BCUT2D eigenvalue weighted by Gasteiger charge is 2.18. The van der Waals surface area contributed by atoms with E-state index in [-0.39, 0.29) is 0 Å². The number of methoxy groups -OCH3 is 1. The van der Waals surface area contributed by atoms with Gasteiger partial charge in [0.25, 0.3) is 0 Å². The monoisotopic (exact) mass is 259 g/mol. The molecule has 0 fully saturated rings. The van der Waals surface area contributed by atoms with Crippen molar-refractivity contribution in [3.05, 3.63) is 35.5 Å². The van der Waals surface area contributed by atoms with Gasteiger partial charge in [-0.3, -0.25) is 0 Å². The third-order valence-corrected chi connectivity index (χ3v) is 3.93. The van der Waals surface area contributed by atoms with Crippen LogP contribution in [0.1, 0.15) is 11.3 Å². The first-order chi connectivity index (χ1) is 8.78. The molecule has 18 heavy (non-hydrogen) atoms. The van der Waals surface area contributed by atoms with E-state index in [1.807, 2.05) is 36.0 Å². The summed E-state index contributed by atoms with van der Waals surface area (Å²) in [6.45, 7) is 0. The molecule has 5 heteroatoms. The van der Waals surface area contributed by atoms with Crippen LogP contribution in [-0.2, 0) is 11.5 Å². The number of benzene rings is 1. The molecule has 0 saturated heterocycles. The summed E-state index contributed by atoms with van der Waals surface area (Å²) >= 11 is 1.82. The van der Waals surface area contributed by atoms with Crippen molar-refractivity contribution >= 4 is 17.6 Å². The molecular formula is C13H13N3OS. The van der Waals surface area contributed by atoms with E-state index in [0.717, 1.165) is 34.1 Å². The Hall–Kier alpha value is -1.75. The molecule has 0 spiro atoms. The van der Waals surface area contributed by atoms with Gasteiger partial charge in [-0.25, -0.2) is 9.97 Å². The highest BCUT2D eigenvalue weighted by molar-refractivity contribution is 7.98. The fraction of sp³-hybridized carbons (Fsp3) is 0.231. The number of nitrogens with two attached hydrogens (primary N) is 1. The van der Waals surface area contributed by atoms with Crippen molar-refractivity contribution in [2.45, 2.75) is 11.5 Å². The maximum absolute atomic E-state index is 5.98. The van der Waals surface area contributed by atoms with Crippen molar-refractivity contribution in [1.29, 1.82) is 0 Å². The molecule has 0 radical (unpaired) electrons. The van der Waals surface area contributed by atoms with Crippen LogP contribution in [0, 0.1) is 0 Å². The smallest absolute Gasteiger partial charge is 0.161 e. The van der Waals surface area contributed by atoms with Crippen LogP contribution in [0.15, 0.2) is 24.3 Å². The average molecular weight is 259 g/mol. The van der Waals surface area contributed by atoms with Gasteiger partial charge in [0, 0.05) is 22.6 Å². The number of nitrogen functional groups attached to an aromatic ring is 1. The molecule has 0 unspecified atom stereocenters. The van der Waals surface area contributed by atoms with Crippen LogP contribution in [0.3, 0.4) is 0 Å². The van der Waals surface area contributed by atoms with Crippen molar-refractivity contribution in [3.8, 4) is 17.1 Å². The Morgan fingerprint density at radius 2 is 1.94 bits per heavy atom. The van der Waals surface area contributed by atoms with Gasteiger partial charge in [-0.1, -0.05) is 0 Å². The second-order valence-corrected chi connectivity index (χ2v) is 5.06. The van der Waals surface area contributed by atoms with Gasteiger partial charge in [0.15, 0.2) is 5.82 Å². The van der Waals surface area contributed by atoms with E-state index >= 15 is 0 Å². The predicted octanol–water partition coefficient (Wildman–Crippen LogP) is 2.48. The Kier molecular flexibility index (Phi) is 2.83. The van der Waals surface area contributed by atoms with Crippen LogP contribution in [0.2, 0.25) is 0 Å². The van der Waals surface area contributed by atoms with Gasteiger partial charge in [-0.15, -0.1) is 0 Å². The van der Waals surface area contributed by atoms with Crippen molar-refractivity contribution in [2.75, 3.05) is 12.8 Å². The normalized spacial score (nSPS) is 13.4. The molecule has 1 aromatic carbocycles. The van der Waals surface area contributed by atoms with E-state index in [4.69, 9.17) is 10.5 Å². The molecule has 92 valence electrons. The Labute approximate surface area is 110 Å². The topological polar surface area (TPSA) is 61.0 Å². The standard InChI is InChI=1S/C13H13N3OS/c1-17-9-4-2-8(3-5-9)13-15-11-7-18-6-10(11)12(14)16-13/h2-5H,6-7H2,1H3,(H2,14,15,16). The summed E-state index contributed by atoms with van der Waals surface area (Å²) in [7, 11) is 1.65. The molecule has 0 saturated carbocycles. The summed E-state index contributed by atoms with van der Waals surface area (Å²) in [6.07, 6.45) is 0. The molecule has 2 N–H and O–H groups in total. The molecule has 0 bridgehead atoms. The lowest BCUT2D eigenvalue weighted by Crippen LogP contribution is -2.02. The summed E-state index contributed by atoms with van der Waals surface area (Å²) in [4.78, 5) is 8.97. The zero-order chi connectivity index (χ0) is 12.5. The van der Waals surface area contributed by atoms with Crippen molar-refractivity contribution < 1.29 is 4.74 Å². The van der Waals surface area contributed by atoms with E-state index in [0.29, 0.717) is 11.6 Å². The molecule has 2 aromatic rings. The number of hydrogen-bond acceptors (Lipinski definition) is 5. The summed E-state index contributed by atoms with van der Waals surface area (Å²) in [5, 5.41) is 0. The molecule has 0 aliphatic carbocycles. The number of hydrogen-bond donors (Lipinski definition) is 1. The molecule has 1 aliphatic heterocycles. The SMILES string of the molecule is COc1ccc(-c2nc(N)c3c(n2)CSC3)cc1. The Morgan fingerprint density at radius 3 is 2.67 bits per heavy atom. The number of rotatable bonds is 2. The van der Waals surface area contributed by atoms with Crippen LogP contribution in [0.25, 0.3) is 11.4 Å². The van der Waals surface area contributed by atoms with Gasteiger partial charge < -0.3 is 10.5 Å². The quantitative estimate of drug-likeness (QED) is 0.897. The third kappa shape index (κ3) is 1.90. The van der Waals surface area contributed by atoms with E-state index in [1.165, 1.54) is 0 Å². The maximum Gasteiger partial charge on any atom is 0.161 e. The van der Waals surface area contributed by atoms with Gasteiger partial charge in [0.2, 0.25) is 0 Å². The van der Waals surface area contributed by atoms with E-state index in [2.05, 4.69) is 9.97 Å². The molecule has 2 heterocycles. The number of fused-ring (bicyclic) bond motifs is 1. The lowest BCUT2D eigenvalue weighted by molar-refractivity contribution is 0.415. The van der Waals surface area contributed by atoms with Gasteiger partial charge in [0.1, 0.15) is 11.6 Å². The second-order valence-electron chi connectivity index (χ2n) is 4.08. The van der Waals surface area contributed by atoms with Crippen LogP contribution < -0.4 is 10.5 Å². The minimum atomic E-state index is 0.607. The van der Waals surface area contributed by atoms with Crippen LogP contribution in [0.5, 0.6) is 5.75 Å². The highest BCUT2D eigenvalue weighted by atomic mass is 32.2. The Morgan fingerprint density at radius 1 is 1.17 bits per heavy atom. The highest BCUT2D eigenvalue weighted by Crippen LogP contribution is 2.33. The van der Waals surface area contributed by atoms with Crippen molar-refractivity contribution in [2.24, 2.45) is 0 Å². The van der Waals surface area contributed by atoms with Crippen LogP contribution in [-0.4, -0.2) is 17.1 Å². The van der Waals surface area contributed by atoms with Crippen LogP contribution >= 0.6 is 11.8 Å². The maximum atomic E-state index is 5.98. The number of anilines is 1. The Bertz CT molecular complexity index is 584. The summed E-state index contributed by atoms with van der Waals surface area (Å²) in [6, 6.07) is 7.69. The van der Waals surface area contributed by atoms with E-state index in [9.17, 15) is 0 Å². The first kappa shape index (κ1) is 11.3. The molecule has 3 rings (SSSR count). The van der Waals surface area contributed by atoms with Gasteiger partial charge in [-0.05, 0) is 24.3 Å². The summed E-state index contributed by atoms with van der Waals surface area (Å²) < 4.78 is 5.13. The average Bonchev–Trinajstić information content (AvgIpc) is 2.88. The van der Waals surface area contributed by atoms with E-state index in [1.54, 1.807) is 7.11 Å². The third-order valence-electron chi connectivity index (χ3n) is 2.96. The Balaban J connectivity index is 2.03. The predicted molar refractivity (Wildman–Crippen MR) is 73.4 cm³/mol. The first-order valence-electron chi connectivity index (χ1n) is 5.65. The number of aromatic nitrogens is 2. The van der Waals surface area contributed by atoms with Gasteiger partial charge in [-0.2, -0.15) is 11.8 Å². The molecule has 1 aromatic heterocycles. The zero-order valence-corrected chi connectivity index (χ0v) is 10.8. The van der Waals surface area contributed by atoms with E-state index < -0.39 is 0 Å². The van der Waals surface area contributed by atoms with Gasteiger partial charge in [0.05, 0.1) is 12.8 Å². The minimum absolute atomic E-state index is 0.607. The summed E-state index contributed by atoms with van der Waals surface area (Å²) in [5.74, 6) is 3.96. The lowest BCUT2D eigenvalue weighted by Gasteiger charge is -2.06. The largest absolute Gasteiger partial charge is 0.497 e. The molecule has 0 atom stereocenters. The van der Waals surface area contributed by atoms with Gasteiger partial charge >= 0.3 is 0 Å². The number of nitrogens with zero attached hydrogens (tertiary/aromatic N) is 2.